The van der Waals surface area contributed by atoms with Crippen LogP contribution >= 0.6 is 12.6 Å². The molecule has 2 nitrogen and oxygen atoms in total. The highest BCUT2D eigenvalue weighted by atomic mass is 32.1. The van der Waals surface area contributed by atoms with E-state index in [2.05, 4.69) is 17.9 Å². The van der Waals surface area contributed by atoms with E-state index in [-0.39, 0.29) is 0 Å². The van der Waals surface area contributed by atoms with Gasteiger partial charge in [-0.05, 0) is 38.6 Å². The van der Waals surface area contributed by atoms with E-state index >= 15 is 0 Å². The van der Waals surface area contributed by atoms with E-state index < -0.39 is 0 Å². The summed E-state index contributed by atoms with van der Waals surface area (Å²) in [5.74, 6) is 0.903. The topological polar surface area (TPSA) is 38.0 Å². The minimum Gasteiger partial charge on any atom is -0.328 e. The fourth-order valence-corrected chi connectivity index (χ4v) is 1.18. The van der Waals surface area contributed by atoms with Crippen LogP contribution in [0, 0.1) is 0 Å². The zero-order chi connectivity index (χ0) is 7.82. The maximum atomic E-state index is 5.75. The molecule has 0 aliphatic heterocycles. The minimum absolute atomic E-state index is 0.353. The number of nitrogens with two attached hydrogens (primary N) is 1. The van der Waals surface area contributed by atoms with Gasteiger partial charge in [-0.25, -0.2) is 0 Å². The molecule has 0 aromatic heterocycles. The van der Waals surface area contributed by atoms with Gasteiger partial charge in [-0.2, -0.15) is 12.6 Å². The highest BCUT2D eigenvalue weighted by molar-refractivity contribution is 7.80. The second-order valence-electron chi connectivity index (χ2n) is 2.52. The van der Waals surface area contributed by atoms with Crippen molar-refractivity contribution in [3.8, 4) is 0 Å². The minimum atomic E-state index is 0.353. The number of thiol groups is 1. The van der Waals surface area contributed by atoms with Crippen LogP contribution in [0.4, 0.5) is 0 Å². The van der Waals surface area contributed by atoms with Crippen LogP contribution in [0.5, 0.6) is 0 Å². The summed E-state index contributed by atoms with van der Waals surface area (Å²) in [4.78, 5) is 0. The summed E-state index contributed by atoms with van der Waals surface area (Å²) in [7, 11) is 1.96. The fraction of sp³-hybridized carbons (Fsp3) is 1.00. The van der Waals surface area contributed by atoms with Crippen LogP contribution < -0.4 is 11.1 Å². The zero-order valence-corrected chi connectivity index (χ0v) is 7.53. The Labute approximate surface area is 69.0 Å². The molecule has 0 radical (unpaired) electrons. The normalized spacial score (nSPS) is 13.5. The first kappa shape index (κ1) is 10.3. The lowest BCUT2D eigenvalue weighted by molar-refractivity contribution is 0.558. The third kappa shape index (κ3) is 6.39. The molecule has 1 unspecified atom stereocenters. The van der Waals surface area contributed by atoms with Crippen molar-refractivity contribution in [1.29, 1.82) is 0 Å². The molecular weight excluding hydrogens is 144 g/mol. The Morgan fingerprint density at radius 1 is 1.50 bits per heavy atom. The van der Waals surface area contributed by atoms with Crippen molar-refractivity contribution in [2.45, 2.75) is 25.3 Å². The van der Waals surface area contributed by atoms with Gasteiger partial charge in [-0.15, -0.1) is 0 Å². The summed E-state index contributed by atoms with van der Waals surface area (Å²) in [5.41, 5.74) is 5.75. The van der Waals surface area contributed by atoms with Gasteiger partial charge in [-0.3, -0.25) is 0 Å². The van der Waals surface area contributed by atoms with E-state index in [4.69, 9.17) is 5.73 Å². The predicted octanol–water partition coefficient (Wildman–Crippen LogP) is 0.633. The molecular formula is C7H18N2S. The molecule has 0 saturated heterocycles. The lowest BCUT2D eigenvalue weighted by Gasteiger charge is -2.08. The zero-order valence-electron chi connectivity index (χ0n) is 6.64. The fourth-order valence-electron chi connectivity index (χ4n) is 0.851. The maximum Gasteiger partial charge on any atom is 0.00470 e. The summed E-state index contributed by atoms with van der Waals surface area (Å²) < 4.78 is 0. The first-order valence-electron chi connectivity index (χ1n) is 3.82. The molecule has 0 heterocycles. The molecule has 0 bridgehead atoms. The molecule has 3 heteroatoms. The summed E-state index contributed by atoms with van der Waals surface area (Å²) >= 11 is 4.11. The smallest absolute Gasteiger partial charge is 0.00470 e. The van der Waals surface area contributed by atoms with Crippen LogP contribution in [-0.4, -0.2) is 25.4 Å². The van der Waals surface area contributed by atoms with Crippen LogP contribution in [0.25, 0.3) is 0 Å². The Balaban J connectivity index is 2.97. The van der Waals surface area contributed by atoms with Crippen molar-refractivity contribution in [2.75, 3.05) is 19.3 Å². The number of rotatable bonds is 6. The highest BCUT2D eigenvalue weighted by Crippen LogP contribution is 1.98. The lowest BCUT2D eigenvalue weighted by atomic mass is 10.1. The number of nitrogens with one attached hydrogen (secondary N) is 1. The molecule has 0 amide bonds. The van der Waals surface area contributed by atoms with Gasteiger partial charge in [0.05, 0.1) is 0 Å². The molecule has 0 aliphatic rings. The highest BCUT2D eigenvalue weighted by Gasteiger charge is 1.98. The molecule has 3 N–H and O–H groups in total. The quantitative estimate of drug-likeness (QED) is 0.396. The van der Waals surface area contributed by atoms with Gasteiger partial charge in [0.2, 0.25) is 0 Å². The van der Waals surface area contributed by atoms with Crippen LogP contribution in [0.15, 0.2) is 0 Å². The van der Waals surface area contributed by atoms with Crippen molar-refractivity contribution < 1.29 is 0 Å². The van der Waals surface area contributed by atoms with E-state index in [1.165, 1.54) is 6.42 Å². The number of hydrogen-bond acceptors (Lipinski definition) is 3. The van der Waals surface area contributed by atoms with Gasteiger partial charge in [0.15, 0.2) is 0 Å². The van der Waals surface area contributed by atoms with Gasteiger partial charge < -0.3 is 11.1 Å². The molecule has 0 spiro atoms. The van der Waals surface area contributed by atoms with Crippen LogP contribution in [0.1, 0.15) is 19.3 Å². The van der Waals surface area contributed by atoms with E-state index in [9.17, 15) is 0 Å². The third-order valence-corrected chi connectivity index (χ3v) is 1.76. The van der Waals surface area contributed by atoms with E-state index in [1.807, 2.05) is 7.05 Å². The monoisotopic (exact) mass is 162 g/mol. The van der Waals surface area contributed by atoms with Crippen LogP contribution in [0.3, 0.4) is 0 Å². The molecule has 62 valence electrons. The Morgan fingerprint density at radius 2 is 2.20 bits per heavy atom. The van der Waals surface area contributed by atoms with Gasteiger partial charge in [0.25, 0.3) is 0 Å². The third-order valence-electron chi connectivity index (χ3n) is 1.50. The van der Waals surface area contributed by atoms with Gasteiger partial charge in [0, 0.05) is 6.04 Å². The van der Waals surface area contributed by atoms with Gasteiger partial charge in [0.1, 0.15) is 0 Å². The van der Waals surface area contributed by atoms with Gasteiger partial charge in [-0.1, -0.05) is 0 Å². The standard InChI is InChI=1S/C7H18N2S/c1-9-5-2-3-7(8)4-6-10/h7,9-10H,2-6,8H2,1H3. The van der Waals surface area contributed by atoms with Crippen LogP contribution in [-0.2, 0) is 0 Å². The second-order valence-corrected chi connectivity index (χ2v) is 2.97. The average molecular weight is 162 g/mol. The summed E-state index contributed by atoms with van der Waals surface area (Å²) in [6, 6.07) is 0.353. The van der Waals surface area contributed by atoms with Crippen LogP contribution in [0.2, 0.25) is 0 Å². The Morgan fingerprint density at radius 3 is 2.70 bits per heavy atom. The SMILES string of the molecule is CNCCCC(N)CCS. The Bertz CT molecular complexity index is 68.6. The van der Waals surface area contributed by atoms with Gasteiger partial charge >= 0.3 is 0 Å². The van der Waals surface area contributed by atoms with Crippen molar-refractivity contribution in [3.63, 3.8) is 0 Å². The number of hydrogen-bond donors (Lipinski definition) is 3. The molecule has 0 aliphatic carbocycles. The van der Waals surface area contributed by atoms with Crippen molar-refractivity contribution in [2.24, 2.45) is 5.73 Å². The average Bonchev–Trinajstić information content (AvgIpc) is 1.89. The lowest BCUT2D eigenvalue weighted by Crippen LogP contribution is -2.22. The second kappa shape index (κ2) is 7.38. The first-order valence-corrected chi connectivity index (χ1v) is 4.45. The molecule has 0 aromatic rings. The summed E-state index contributed by atoms with van der Waals surface area (Å²) in [5, 5.41) is 3.09. The maximum absolute atomic E-state index is 5.75. The Kier molecular flexibility index (Phi) is 7.58. The first-order chi connectivity index (χ1) is 4.81. The van der Waals surface area contributed by atoms with E-state index in [0.717, 1.165) is 25.1 Å². The molecule has 10 heavy (non-hydrogen) atoms. The summed E-state index contributed by atoms with van der Waals surface area (Å²) in [6.07, 6.45) is 3.32. The molecule has 0 fully saturated rings. The van der Waals surface area contributed by atoms with Crippen molar-refractivity contribution in [3.05, 3.63) is 0 Å². The Hall–Kier alpha value is 0.270. The largest absolute Gasteiger partial charge is 0.328 e. The van der Waals surface area contributed by atoms with Crippen molar-refractivity contribution in [1.82, 2.24) is 5.32 Å². The van der Waals surface area contributed by atoms with Crippen molar-refractivity contribution >= 4 is 12.6 Å². The van der Waals surface area contributed by atoms with E-state index in [0.29, 0.717) is 6.04 Å². The molecule has 0 aromatic carbocycles. The molecule has 1 atom stereocenters. The predicted molar refractivity (Wildman–Crippen MR) is 49.6 cm³/mol. The van der Waals surface area contributed by atoms with E-state index in [1.54, 1.807) is 0 Å². The molecule has 0 saturated carbocycles. The molecule has 0 rings (SSSR count). The summed E-state index contributed by atoms with van der Waals surface area (Å²) in [6.45, 7) is 1.07.